The molecule has 2 aromatic rings. The highest BCUT2D eigenvalue weighted by Gasteiger charge is 2.08. The van der Waals surface area contributed by atoms with E-state index in [1.165, 1.54) is 6.92 Å². The summed E-state index contributed by atoms with van der Waals surface area (Å²) in [5.74, 6) is 0.284. The number of rotatable bonds is 1. The standard InChI is InChI=1S/C8H6BrN3O/c1-4(13)8-11-6-3-10-2-5(9)7(6)12-8/h2-3H,1H3,(H,11,12). The molecular formula is C8H6BrN3O. The van der Waals surface area contributed by atoms with Gasteiger partial charge in [0.1, 0.15) is 5.52 Å². The number of nitrogens with one attached hydrogen (secondary N) is 1. The summed E-state index contributed by atoms with van der Waals surface area (Å²) in [5.41, 5.74) is 1.50. The van der Waals surface area contributed by atoms with E-state index in [1.807, 2.05) is 0 Å². The molecule has 0 aliphatic carbocycles. The summed E-state index contributed by atoms with van der Waals surface area (Å²) in [6.45, 7) is 1.47. The van der Waals surface area contributed by atoms with Crippen LogP contribution in [0.4, 0.5) is 0 Å². The van der Waals surface area contributed by atoms with Crippen LogP contribution in [0.1, 0.15) is 17.5 Å². The molecule has 1 N–H and O–H groups in total. The van der Waals surface area contributed by atoms with Crippen LogP contribution >= 0.6 is 15.9 Å². The maximum atomic E-state index is 11.0. The Balaban J connectivity index is 2.75. The van der Waals surface area contributed by atoms with Gasteiger partial charge in [-0.15, -0.1) is 0 Å². The van der Waals surface area contributed by atoms with Crippen molar-refractivity contribution in [3.05, 3.63) is 22.7 Å². The van der Waals surface area contributed by atoms with Crippen LogP contribution in [0.3, 0.4) is 0 Å². The van der Waals surface area contributed by atoms with Crippen LogP contribution in [0.15, 0.2) is 16.9 Å². The Morgan fingerprint density at radius 3 is 2.92 bits per heavy atom. The van der Waals surface area contributed by atoms with Crippen molar-refractivity contribution in [1.82, 2.24) is 15.0 Å². The number of pyridine rings is 1. The Labute approximate surface area is 82.5 Å². The Bertz CT molecular complexity index is 477. The first-order valence-corrected chi connectivity index (χ1v) is 4.48. The summed E-state index contributed by atoms with van der Waals surface area (Å²) >= 11 is 3.30. The zero-order chi connectivity index (χ0) is 9.42. The molecule has 0 bridgehead atoms. The van der Waals surface area contributed by atoms with Gasteiger partial charge in [-0.2, -0.15) is 0 Å². The van der Waals surface area contributed by atoms with Crippen LogP contribution < -0.4 is 0 Å². The van der Waals surface area contributed by atoms with Crippen molar-refractivity contribution in [2.75, 3.05) is 0 Å². The van der Waals surface area contributed by atoms with Gasteiger partial charge in [-0.1, -0.05) is 0 Å². The van der Waals surface area contributed by atoms with Gasteiger partial charge in [0.15, 0.2) is 11.6 Å². The van der Waals surface area contributed by atoms with Crippen LogP contribution in [0, 0.1) is 0 Å². The molecule has 5 heteroatoms. The number of nitrogens with zero attached hydrogens (tertiary/aromatic N) is 2. The molecule has 2 rings (SSSR count). The van der Waals surface area contributed by atoms with Crippen molar-refractivity contribution in [2.24, 2.45) is 0 Å². The first-order chi connectivity index (χ1) is 6.18. The first-order valence-electron chi connectivity index (χ1n) is 3.68. The van der Waals surface area contributed by atoms with Gasteiger partial charge in [0.2, 0.25) is 0 Å². The van der Waals surface area contributed by atoms with Crippen molar-refractivity contribution < 1.29 is 4.79 Å². The minimum Gasteiger partial charge on any atom is -0.334 e. The molecule has 0 spiro atoms. The van der Waals surface area contributed by atoms with Gasteiger partial charge in [-0.25, -0.2) is 4.98 Å². The van der Waals surface area contributed by atoms with Crippen LogP contribution in [-0.2, 0) is 0 Å². The second-order valence-electron chi connectivity index (χ2n) is 2.66. The number of aromatic nitrogens is 3. The molecule has 0 radical (unpaired) electrons. The number of aromatic amines is 1. The van der Waals surface area contributed by atoms with Crippen molar-refractivity contribution >= 4 is 32.7 Å². The zero-order valence-corrected chi connectivity index (χ0v) is 8.42. The fourth-order valence-corrected chi connectivity index (χ4v) is 1.49. The number of carbonyl (C=O) groups excluding carboxylic acids is 1. The number of carbonyl (C=O) groups is 1. The fourth-order valence-electron chi connectivity index (χ4n) is 1.07. The minimum absolute atomic E-state index is 0.0805. The number of fused-ring (bicyclic) bond motifs is 1. The molecule has 0 saturated carbocycles. The SMILES string of the molecule is CC(=O)c1nc2c(Br)cncc2[nH]1. The predicted octanol–water partition coefficient (Wildman–Crippen LogP) is 1.92. The molecular weight excluding hydrogens is 234 g/mol. The lowest BCUT2D eigenvalue weighted by Gasteiger charge is -1.87. The number of H-pyrrole nitrogens is 1. The zero-order valence-electron chi connectivity index (χ0n) is 6.84. The maximum absolute atomic E-state index is 11.0. The van der Waals surface area contributed by atoms with E-state index in [0.717, 1.165) is 15.5 Å². The summed E-state index contributed by atoms with van der Waals surface area (Å²) in [4.78, 5) is 22.0. The number of imidazole rings is 1. The normalized spacial score (nSPS) is 10.6. The summed E-state index contributed by atoms with van der Waals surface area (Å²) in [7, 11) is 0. The quantitative estimate of drug-likeness (QED) is 0.774. The predicted molar refractivity (Wildman–Crippen MR) is 51.6 cm³/mol. The third-order valence-electron chi connectivity index (χ3n) is 1.68. The average Bonchev–Trinajstić information content (AvgIpc) is 2.49. The number of ketones is 1. The molecule has 0 aromatic carbocycles. The number of hydrogen-bond donors (Lipinski definition) is 1. The van der Waals surface area contributed by atoms with E-state index in [2.05, 4.69) is 30.9 Å². The van der Waals surface area contributed by atoms with Crippen molar-refractivity contribution in [1.29, 1.82) is 0 Å². The Hall–Kier alpha value is -1.23. The van der Waals surface area contributed by atoms with Crippen LogP contribution in [0.2, 0.25) is 0 Å². The van der Waals surface area contributed by atoms with Gasteiger partial charge < -0.3 is 4.98 Å². The molecule has 4 nitrogen and oxygen atoms in total. The third kappa shape index (κ3) is 1.35. The summed E-state index contributed by atoms with van der Waals surface area (Å²) in [6.07, 6.45) is 3.28. The lowest BCUT2D eigenvalue weighted by molar-refractivity contribution is 0.100. The van der Waals surface area contributed by atoms with Crippen LogP contribution in [0.25, 0.3) is 11.0 Å². The summed E-state index contributed by atoms with van der Waals surface area (Å²) in [5, 5.41) is 0. The monoisotopic (exact) mass is 239 g/mol. The molecule has 0 amide bonds. The molecule has 0 unspecified atom stereocenters. The lowest BCUT2D eigenvalue weighted by Crippen LogP contribution is -1.93. The first kappa shape index (κ1) is 8.37. The third-order valence-corrected chi connectivity index (χ3v) is 2.26. The average molecular weight is 240 g/mol. The second kappa shape index (κ2) is 2.92. The van der Waals surface area contributed by atoms with Gasteiger partial charge in [0.25, 0.3) is 0 Å². The molecule has 0 aliphatic rings. The number of Topliss-reactive ketones (excluding diaryl/α,β-unsaturated/α-hetero) is 1. The van der Waals surface area contributed by atoms with Gasteiger partial charge in [-0.05, 0) is 15.9 Å². The highest BCUT2D eigenvalue weighted by molar-refractivity contribution is 9.10. The highest BCUT2D eigenvalue weighted by atomic mass is 79.9. The topological polar surface area (TPSA) is 58.6 Å². The Morgan fingerprint density at radius 1 is 1.54 bits per heavy atom. The smallest absolute Gasteiger partial charge is 0.195 e. The molecule has 2 aromatic heterocycles. The minimum atomic E-state index is -0.0805. The second-order valence-corrected chi connectivity index (χ2v) is 3.51. The Morgan fingerprint density at radius 2 is 2.31 bits per heavy atom. The maximum Gasteiger partial charge on any atom is 0.195 e. The van der Waals surface area contributed by atoms with E-state index in [1.54, 1.807) is 12.4 Å². The van der Waals surface area contributed by atoms with Gasteiger partial charge >= 0.3 is 0 Å². The molecule has 66 valence electrons. The van der Waals surface area contributed by atoms with Gasteiger partial charge in [-0.3, -0.25) is 9.78 Å². The molecule has 0 atom stereocenters. The highest BCUT2D eigenvalue weighted by Crippen LogP contribution is 2.19. The fraction of sp³-hybridized carbons (Fsp3) is 0.125. The van der Waals surface area contributed by atoms with E-state index in [4.69, 9.17) is 0 Å². The summed E-state index contributed by atoms with van der Waals surface area (Å²) in [6, 6.07) is 0. The lowest BCUT2D eigenvalue weighted by atomic mass is 10.4. The van der Waals surface area contributed by atoms with Crippen molar-refractivity contribution in [2.45, 2.75) is 6.92 Å². The summed E-state index contributed by atoms with van der Waals surface area (Å²) < 4.78 is 0.786. The Kier molecular flexibility index (Phi) is 1.88. The van der Waals surface area contributed by atoms with E-state index in [0.29, 0.717) is 5.82 Å². The van der Waals surface area contributed by atoms with E-state index in [9.17, 15) is 4.79 Å². The van der Waals surface area contributed by atoms with Crippen LogP contribution in [0.5, 0.6) is 0 Å². The van der Waals surface area contributed by atoms with E-state index >= 15 is 0 Å². The van der Waals surface area contributed by atoms with Crippen molar-refractivity contribution in [3.63, 3.8) is 0 Å². The van der Waals surface area contributed by atoms with Crippen molar-refractivity contribution in [3.8, 4) is 0 Å². The van der Waals surface area contributed by atoms with Gasteiger partial charge in [0.05, 0.1) is 16.2 Å². The molecule has 0 saturated heterocycles. The molecule has 13 heavy (non-hydrogen) atoms. The van der Waals surface area contributed by atoms with E-state index < -0.39 is 0 Å². The van der Waals surface area contributed by atoms with Gasteiger partial charge in [0, 0.05) is 13.1 Å². The number of halogens is 1. The number of hydrogen-bond acceptors (Lipinski definition) is 3. The molecule has 0 fully saturated rings. The largest absolute Gasteiger partial charge is 0.334 e. The van der Waals surface area contributed by atoms with E-state index in [-0.39, 0.29) is 5.78 Å². The molecule has 2 heterocycles. The molecule has 0 aliphatic heterocycles. The van der Waals surface area contributed by atoms with Crippen LogP contribution in [-0.4, -0.2) is 20.7 Å².